The maximum absolute atomic E-state index is 5.97. The van der Waals surface area contributed by atoms with E-state index in [1.54, 1.807) is 7.11 Å². The van der Waals surface area contributed by atoms with Crippen molar-refractivity contribution >= 4 is 10.9 Å². The van der Waals surface area contributed by atoms with Gasteiger partial charge in [0.2, 0.25) is 0 Å². The van der Waals surface area contributed by atoms with Crippen molar-refractivity contribution in [2.75, 3.05) is 7.11 Å². The molecule has 1 unspecified atom stereocenters. The number of hydrogen-bond acceptors (Lipinski definition) is 2. The van der Waals surface area contributed by atoms with Gasteiger partial charge < -0.3 is 15.0 Å². The fraction of sp³-hybridized carbons (Fsp3) is 0.385. The zero-order chi connectivity index (χ0) is 11.7. The molecule has 0 fully saturated rings. The molecule has 0 radical (unpaired) electrons. The number of hydrogen-bond donors (Lipinski definition) is 1. The van der Waals surface area contributed by atoms with E-state index in [1.807, 2.05) is 19.1 Å². The Morgan fingerprint density at radius 1 is 1.38 bits per heavy atom. The molecule has 0 amide bonds. The first kappa shape index (κ1) is 11.0. The number of ether oxygens (including phenoxy) is 1. The molecule has 86 valence electrons. The molecule has 1 heterocycles. The van der Waals surface area contributed by atoms with Crippen molar-refractivity contribution in [3.05, 3.63) is 30.0 Å². The largest absolute Gasteiger partial charge is 0.497 e. The van der Waals surface area contributed by atoms with Crippen LogP contribution in [0.2, 0.25) is 0 Å². The summed E-state index contributed by atoms with van der Waals surface area (Å²) in [5.41, 5.74) is 8.36. The second kappa shape index (κ2) is 4.18. The monoisotopic (exact) mass is 218 g/mol. The summed E-state index contributed by atoms with van der Waals surface area (Å²) in [5, 5.41) is 1.19. The van der Waals surface area contributed by atoms with Gasteiger partial charge in [-0.15, -0.1) is 0 Å². The number of aromatic nitrogens is 1. The highest BCUT2D eigenvalue weighted by Gasteiger charge is 2.10. The third-order valence-corrected chi connectivity index (χ3v) is 2.92. The molecule has 3 heteroatoms. The average molecular weight is 218 g/mol. The van der Waals surface area contributed by atoms with Crippen LogP contribution in [0.15, 0.2) is 24.3 Å². The van der Waals surface area contributed by atoms with Gasteiger partial charge in [-0.2, -0.15) is 0 Å². The van der Waals surface area contributed by atoms with Gasteiger partial charge in [0.15, 0.2) is 0 Å². The van der Waals surface area contributed by atoms with Crippen LogP contribution in [0, 0.1) is 0 Å². The Balaban J connectivity index is 2.66. The number of rotatable bonds is 3. The number of fused-ring (bicyclic) bond motifs is 1. The summed E-state index contributed by atoms with van der Waals surface area (Å²) in [5.74, 6) is 0.886. The van der Waals surface area contributed by atoms with Gasteiger partial charge in [-0.25, -0.2) is 0 Å². The van der Waals surface area contributed by atoms with Gasteiger partial charge in [0.05, 0.1) is 7.11 Å². The summed E-state index contributed by atoms with van der Waals surface area (Å²) in [6.07, 6.45) is 0. The van der Waals surface area contributed by atoms with Crippen molar-refractivity contribution in [2.24, 2.45) is 5.73 Å². The lowest BCUT2D eigenvalue weighted by molar-refractivity contribution is 0.415. The van der Waals surface area contributed by atoms with Crippen molar-refractivity contribution in [1.29, 1.82) is 0 Å². The van der Waals surface area contributed by atoms with Crippen LogP contribution >= 0.6 is 0 Å². The highest BCUT2D eigenvalue weighted by Crippen LogP contribution is 2.26. The van der Waals surface area contributed by atoms with E-state index in [-0.39, 0.29) is 6.04 Å². The SMILES string of the molecule is CCn1c(C(C)N)cc2cc(OC)ccc21. The van der Waals surface area contributed by atoms with Crippen LogP contribution in [0.1, 0.15) is 25.6 Å². The predicted molar refractivity (Wildman–Crippen MR) is 66.8 cm³/mol. The third kappa shape index (κ3) is 1.67. The lowest BCUT2D eigenvalue weighted by Gasteiger charge is -2.10. The molecular formula is C13H18N2O. The second-order valence-electron chi connectivity index (χ2n) is 4.03. The molecule has 1 aromatic heterocycles. The van der Waals surface area contributed by atoms with E-state index in [0.717, 1.165) is 12.3 Å². The lowest BCUT2D eigenvalue weighted by Crippen LogP contribution is -2.11. The van der Waals surface area contributed by atoms with Crippen LogP contribution in [0.5, 0.6) is 5.75 Å². The van der Waals surface area contributed by atoms with Gasteiger partial charge in [0.25, 0.3) is 0 Å². The zero-order valence-corrected chi connectivity index (χ0v) is 10.0. The van der Waals surface area contributed by atoms with Crippen LogP contribution in [0.25, 0.3) is 10.9 Å². The fourth-order valence-electron chi connectivity index (χ4n) is 2.13. The van der Waals surface area contributed by atoms with E-state index in [9.17, 15) is 0 Å². The minimum Gasteiger partial charge on any atom is -0.497 e. The smallest absolute Gasteiger partial charge is 0.119 e. The highest BCUT2D eigenvalue weighted by atomic mass is 16.5. The van der Waals surface area contributed by atoms with E-state index in [1.165, 1.54) is 16.6 Å². The van der Waals surface area contributed by atoms with E-state index < -0.39 is 0 Å². The van der Waals surface area contributed by atoms with Gasteiger partial charge in [0, 0.05) is 29.2 Å². The van der Waals surface area contributed by atoms with E-state index in [2.05, 4.69) is 23.6 Å². The molecule has 1 atom stereocenters. The lowest BCUT2D eigenvalue weighted by atomic mass is 10.2. The molecule has 0 aliphatic heterocycles. The van der Waals surface area contributed by atoms with Crippen LogP contribution < -0.4 is 10.5 Å². The normalized spacial score (nSPS) is 13.0. The molecule has 2 aromatic rings. The van der Waals surface area contributed by atoms with E-state index >= 15 is 0 Å². The molecule has 16 heavy (non-hydrogen) atoms. The maximum atomic E-state index is 5.97. The Morgan fingerprint density at radius 3 is 2.69 bits per heavy atom. The van der Waals surface area contributed by atoms with Gasteiger partial charge in [-0.05, 0) is 38.1 Å². The third-order valence-electron chi connectivity index (χ3n) is 2.92. The summed E-state index contributed by atoms with van der Waals surface area (Å²) < 4.78 is 7.47. The number of benzene rings is 1. The van der Waals surface area contributed by atoms with E-state index in [4.69, 9.17) is 10.5 Å². The quantitative estimate of drug-likeness (QED) is 0.860. The maximum Gasteiger partial charge on any atom is 0.119 e. The Morgan fingerprint density at radius 2 is 2.12 bits per heavy atom. The van der Waals surface area contributed by atoms with Crippen LogP contribution in [-0.4, -0.2) is 11.7 Å². The molecule has 0 aliphatic rings. The van der Waals surface area contributed by atoms with Crippen molar-refractivity contribution in [1.82, 2.24) is 4.57 Å². The summed E-state index contributed by atoms with van der Waals surface area (Å²) in [6.45, 7) is 5.08. The molecule has 0 aliphatic carbocycles. The Kier molecular flexibility index (Phi) is 2.88. The molecule has 3 nitrogen and oxygen atoms in total. The van der Waals surface area contributed by atoms with Crippen LogP contribution in [-0.2, 0) is 6.54 Å². The number of nitrogens with two attached hydrogens (primary N) is 1. The summed E-state index contributed by atoms with van der Waals surface area (Å²) in [6, 6.07) is 8.32. The molecule has 0 spiro atoms. The van der Waals surface area contributed by atoms with Gasteiger partial charge >= 0.3 is 0 Å². The van der Waals surface area contributed by atoms with Gasteiger partial charge in [0.1, 0.15) is 5.75 Å². The fourth-order valence-corrected chi connectivity index (χ4v) is 2.13. The van der Waals surface area contributed by atoms with Gasteiger partial charge in [-0.3, -0.25) is 0 Å². The molecule has 2 rings (SSSR count). The molecule has 0 bridgehead atoms. The first-order valence-corrected chi connectivity index (χ1v) is 5.60. The first-order valence-electron chi connectivity index (χ1n) is 5.60. The van der Waals surface area contributed by atoms with Crippen molar-refractivity contribution in [3.63, 3.8) is 0 Å². The molecule has 1 aromatic carbocycles. The first-order chi connectivity index (χ1) is 7.67. The van der Waals surface area contributed by atoms with Crippen molar-refractivity contribution in [2.45, 2.75) is 26.4 Å². The highest BCUT2D eigenvalue weighted by molar-refractivity contribution is 5.83. The average Bonchev–Trinajstić information content (AvgIpc) is 2.66. The number of methoxy groups -OCH3 is 1. The summed E-state index contributed by atoms with van der Waals surface area (Å²) in [7, 11) is 1.68. The standard InChI is InChI=1S/C13H18N2O/c1-4-15-12-6-5-11(16-3)7-10(12)8-13(15)9(2)14/h5-9H,4,14H2,1-3H3. The predicted octanol–water partition coefficient (Wildman–Crippen LogP) is 2.69. The molecule has 0 saturated heterocycles. The second-order valence-corrected chi connectivity index (χ2v) is 4.03. The van der Waals surface area contributed by atoms with Crippen molar-refractivity contribution in [3.8, 4) is 5.75 Å². The van der Waals surface area contributed by atoms with Gasteiger partial charge in [-0.1, -0.05) is 0 Å². The Bertz CT molecular complexity index is 500. The minimum atomic E-state index is 0.0540. The zero-order valence-electron chi connectivity index (χ0n) is 10.0. The number of aryl methyl sites for hydroxylation is 1. The molecule has 0 saturated carbocycles. The molecule has 2 N–H and O–H groups in total. The van der Waals surface area contributed by atoms with Crippen LogP contribution in [0.3, 0.4) is 0 Å². The Labute approximate surface area is 95.8 Å². The molecular weight excluding hydrogens is 200 g/mol. The number of nitrogens with zero attached hydrogens (tertiary/aromatic N) is 1. The minimum absolute atomic E-state index is 0.0540. The summed E-state index contributed by atoms with van der Waals surface area (Å²) in [4.78, 5) is 0. The van der Waals surface area contributed by atoms with Crippen molar-refractivity contribution < 1.29 is 4.74 Å². The topological polar surface area (TPSA) is 40.2 Å². The van der Waals surface area contributed by atoms with Crippen LogP contribution in [0.4, 0.5) is 0 Å². The van der Waals surface area contributed by atoms with E-state index in [0.29, 0.717) is 0 Å². The Hall–Kier alpha value is -1.48. The summed E-state index contributed by atoms with van der Waals surface area (Å²) >= 11 is 0.